The molecule has 1 fully saturated rings. The zero-order chi connectivity index (χ0) is 15.7. The Kier molecular flexibility index (Phi) is 5.93. The SMILES string of the molecule is c1ccc(COc2ccc(OCCC3CCCNC3)cc2)cc1. The summed E-state index contributed by atoms with van der Waals surface area (Å²) in [6.45, 7) is 3.68. The van der Waals surface area contributed by atoms with Crippen molar-refractivity contribution in [2.75, 3.05) is 19.7 Å². The lowest BCUT2D eigenvalue weighted by atomic mass is 9.97. The van der Waals surface area contributed by atoms with E-state index >= 15 is 0 Å². The second-order valence-corrected chi connectivity index (χ2v) is 6.10. The molecule has 2 aromatic carbocycles. The van der Waals surface area contributed by atoms with Crippen LogP contribution in [0, 0.1) is 5.92 Å². The summed E-state index contributed by atoms with van der Waals surface area (Å²) >= 11 is 0. The fourth-order valence-electron chi connectivity index (χ4n) is 2.89. The number of benzene rings is 2. The van der Waals surface area contributed by atoms with Crippen LogP contribution in [0.25, 0.3) is 0 Å². The largest absolute Gasteiger partial charge is 0.494 e. The van der Waals surface area contributed by atoms with Gasteiger partial charge in [0.05, 0.1) is 6.61 Å². The van der Waals surface area contributed by atoms with Gasteiger partial charge >= 0.3 is 0 Å². The highest BCUT2D eigenvalue weighted by Gasteiger charge is 2.12. The van der Waals surface area contributed by atoms with Crippen molar-refractivity contribution in [1.29, 1.82) is 0 Å². The van der Waals surface area contributed by atoms with Gasteiger partial charge in [0.2, 0.25) is 0 Å². The van der Waals surface area contributed by atoms with Gasteiger partial charge in [-0.2, -0.15) is 0 Å². The van der Waals surface area contributed by atoms with Crippen LogP contribution in [-0.2, 0) is 6.61 Å². The van der Waals surface area contributed by atoms with E-state index in [1.54, 1.807) is 0 Å². The highest BCUT2D eigenvalue weighted by molar-refractivity contribution is 5.31. The van der Waals surface area contributed by atoms with Crippen molar-refractivity contribution in [2.24, 2.45) is 5.92 Å². The predicted octanol–water partition coefficient (Wildman–Crippen LogP) is 4.03. The van der Waals surface area contributed by atoms with E-state index in [-0.39, 0.29) is 0 Å². The Bertz CT molecular complexity index is 562. The third-order valence-corrected chi connectivity index (χ3v) is 4.27. The van der Waals surface area contributed by atoms with E-state index in [0.29, 0.717) is 6.61 Å². The Morgan fingerprint density at radius 3 is 2.35 bits per heavy atom. The number of hydrogen-bond acceptors (Lipinski definition) is 3. The van der Waals surface area contributed by atoms with Crippen LogP contribution in [0.15, 0.2) is 54.6 Å². The lowest BCUT2D eigenvalue weighted by Crippen LogP contribution is -2.30. The van der Waals surface area contributed by atoms with Gasteiger partial charge in [-0.25, -0.2) is 0 Å². The number of rotatable bonds is 7. The maximum atomic E-state index is 5.84. The molecule has 1 heterocycles. The highest BCUT2D eigenvalue weighted by atomic mass is 16.5. The first kappa shape index (κ1) is 15.9. The molecule has 1 atom stereocenters. The van der Waals surface area contributed by atoms with Gasteiger partial charge in [0, 0.05) is 0 Å². The summed E-state index contributed by atoms with van der Waals surface area (Å²) in [5.41, 5.74) is 1.17. The van der Waals surface area contributed by atoms with Crippen molar-refractivity contribution in [3.8, 4) is 11.5 Å². The Balaban J connectivity index is 1.40. The standard InChI is InChI=1S/C20H25NO2/c1-2-5-18(6-3-1)16-23-20-10-8-19(9-11-20)22-14-12-17-7-4-13-21-15-17/h1-3,5-6,8-11,17,21H,4,7,12-16H2. The smallest absolute Gasteiger partial charge is 0.120 e. The van der Waals surface area contributed by atoms with E-state index < -0.39 is 0 Å². The molecule has 3 rings (SSSR count). The van der Waals surface area contributed by atoms with Gasteiger partial charge in [-0.15, -0.1) is 0 Å². The van der Waals surface area contributed by atoms with E-state index in [4.69, 9.17) is 9.47 Å². The van der Waals surface area contributed by atoms with Crippen LogP contribution >= 0.6 is 0 Å². The van der Waals surface area contributed by atoms with Gasteiger partial charge in [-0.05, 0) is 68.1 Å². The Labute approximate surface area is 138 Å². The second-order valence-electron chi connectivity index (χ2n) is 6.10. The molecule has 0 spiro atoms. The molecule has 1 unspecified atom stereocenters. The van der Waals surface area contributed by atoms with E-state index in [9.17, 15) is 0 Å². The molecule has 3 nitrogen and oxygen atoms in total. The summed E-state index contributed by atoms with van der Waals surface area (Å²) in [5.74, 6) is 2.55. The lowest BCUT2D eigenvalue weighted by Gasteiger charge is -2.22. The van der Waals surface area contributed by atoms with Crippen molar-refractivity contribution >= 4 is 0 Å². The average molecular weight is 311 g/mol. The van der Waals surface area contributed by atoms with Crippen LogP contribution in [0.5, 0.6) is 11.5 Å². The van der Waals surface area contributed by atoms with Crippen LogP contribution in [0.2, 0.25) is 0 Å². The Morgan fingerprint density at radius 1 is 0.913 bits per heavy atom. The van der Waals surface area contributed by atoms with Crippen LogP contribution in [0.3, 0.4) is 0 Å². The minimum Gasteiger partial charge on any atom is -0.494 e. The van der Waals surface area contributed by atoms with E-state index in [1.807, 2.05) is 42.5 Å². The fourth-order valence-corrected chi connectivity index (χ4v) is 2.89. The highest BCUT2D eigenvalue weighted by Crippen LogP contribution is 2.20. The number of ether oxygens (including phenoxy) is 2. The molecule has 23 heavy (non-hydrogen) atoms. The molecule has 0 aliphatic carbocycles. The third-order valence-electron chi connectivity index (χ3n) is 4.27. The monoisotopic (exact) mass is 311 g/mol. The van der Waals surface area contributed by atoms with E-state index in [1.165, 1.54) is 24.9 Å². The third kappa shape index (κ3) is 5.29. The Hall–Kier alpha value is -2.00. The summed E-state index contributed by atoms with van der Waals surface area (Å²) in [6, 6.07) is 18.1. The normalized spacial score (nSPS) is 17.7. The zero-order valence-corrected chi connectivity index (χ0v) is 13.5. The van der Waals surface area contributed by atoms with Gasteiger partial charge in [0.1, 0.15) is 18.1 Å². The first-order valence-corrected chi connectivity index (χ1v) is 8.50. The number of hydrogen-bond donors (Lipinski definition) is 1. The average Bonchev–Trinajstić information content (AvgIpc) is 2.63. The maximum Gasteiger partial charge on any atom is 0.120 e. The van der Waals surface area contributed by atoms with Gasteiger partial charge in [-0.1, -0.05) is 30.3 Å². The van der Waals surface area contributed by atoms with Crippen molar-refractivity contribution in [2.45, 2.75) is 25.9 Å². The number of nitrogens with one attached hydrogen (secondary N) is 1. The summed E-state index contributed by atoms with van der Waals surface area (Å²) in [7, 11) is 0. The molecule has 122 valence electrons. The molecule has 1 saturated heterocycles. The molecule has 0 bridgehead atoms. The van der Waals surface area contributed by atoms with Crippen LogP contribution in [0.4, 0.5) is 0 Å². The summed E-state index contributed by atoms with van der Waals surface area (Å²) < 4.78 is 11.6. The lowest BCUT2D eigenvalue weighted by molar-refractivity contribution is 0.253. The second kappa shape index (κ2) is 8.59. The van der Waals surface area contributed by atoms with Gasteiger partial charge < -0.3 is 14.8 Å². The molecule has 0 amide bonds. The first-order chi connectivity index (χ1) is 11.4. The summed E-state index contributed by atoms with van der Waals surface area (Å²) in [6.07, 6.45) is 3.74. The van der Waals surface area contributed by atoms with Gasteiger partial charge in [-0.3, -0.25) is 0 Å². The summed E-state index contributed by atoms with van der Waals surface area (Å²) in [5, 5.41) is 3.45. The topological polar surface area (TPSA) is 30.5 Å². The molecule has 1 aliphatic rings. The minimum absolute atomic E-state index is 0.593. The molecular formula is C20H25NO2. The number of piperidine rings is 1. The van der Waals surface area contributed by atoms with Crippen molar-refractivity contribution in [1.82, 2.24) is 5.32 Å². The quantitative estimate of drug-likeness (QED) is 0.837. The van der Waals surface area contributed by atoms with Gasteiger partial charge in [0.25, 0.3) is 0 Å². The Morgan fingerprint density at radius 2 is 1.65 bits per heavy atom. The molecule has 1 aliphatic heterocycles. The van der Waals surface area contributed by atoms with Gasteiger partial charge in [0.15, 0.2) is 0 Å². The predicted molar refractivity (Wildman–Crippen MR) is 92.9 cm³/mol. The van der Waals surface area contributed by atoms with Crippen molar-refractivity contribution < 1.29 is 9.47 Å². The molecule has 0 radical (unpaired) electrons. The zero-order valence-electron chi connectivity index (χ0n) is 13.5. The van der Waals surface area contributed by atoms with Crippen LogP contribution < -0.4 is 14.8 Å². The molecule has 3 heteroatoms. The molecule has 2 aromatic rings. The molecule has 0 aromatic heterocycles. The van der Waals surface area contributed by atoms with Crippen molar-refractivity contribution in [3.63, 3.8) is 0 Å². The first-order valence-electron chi connectivity index (χ1n) is 8.50. The maximum absolute atomic E-state index is 5.84. The van der Waals surface area contributed by atoms with E-state index in [0.717, 1.165) is 37.0 Å². The molecule has 1 N–H and O–H groups in total. The van der Waals surface area contributed by atoms with E-state index in [2.05, 4.69) is 17.4 Å². The van der Waals surface area contributed by atoms with Crippen LogP contribution in [0.1, 0.15) is 24.8 Å². The molecular weight excluding hydrogens is 286 g/mol. The minimum atomic E-state index is 0.593. The summed E-state index contributed by atoms with van der Waals surface area (Å²) in [4.78, 5) is 0. The van der Waals surface area contributed by atoms with Crippen LogP contribution in [-0.4, -0.2) is 19.7 Å². The fraction of sp³-hybridized carbons (Fsp3) is 0.400. The molecule has 0 saturated carbocycles. The van der Waals surface area contributed by atoms with Crippen molar-refractivity contribution in [3.05, 3.63) is 60.2 Å².